The second-order valence-corrected chi connectivity index (χ2v) is 8.75. The van der Waals surface area contributed by atoms with Gasteiger partial charge in [-0.2, -0.15) is 0 Å². The Morgan fingerprint density at radius 3 is 2.46 bits per heavy atom. The number of rotatable bonds is 9. The summed E-state index contributed by atoms with van der Waals surface area (Å²) in [5.41, 5.74) is -1.41. The summed E-state index contributed by atoms with van der Waals surface area (Å²) < 4.78 is 27.5. The summed E-state index contributed by atoms with van der Waals surface area (Å²) in [4.78, 5) is 16.0. The lowest BCUT2D eigenvalue weighted by atomic mass is 9.98. The number of aliphatic hydroxyl groups excluding tert-OH is 5. The van der Waals surface area contributed by atoms with Crippen LogP contribution in [0, 0.1) is 0 Å². The Morgan fingerprint density at radius 1 is 1.05 bits per heavy atom. The van der Waals surface area contributed by atoms with Crippen LogP contribution in [0.4, 0.5) is 0 Å². The highest BCUT2D eigenvalue weighted by Crippen LogP contribution is 2.32. The normalized spacial score (nSPS) is 33.7. The Labute approximate surface area is 211 Å². The monoisotopic (exact) mass is 523 g/mol. The van der Waals surface area contributed by atoms with Crippen LogP contribution in [0.3, 0.4) is 0 Å². The molecule has 0 amide bonds. The highest BCUT2D eigenvalue weighted by Gasteiger charge is 2.54. The van der Waals surface area contributed by atoms with Crippen LogP contribution in [0.1, 0.15) is 16.1 Å². The van der Waals surface area contributed by atoms with E-state index in [-0.39, 0.29) is 18.1 Å². The lowest BCUT2D eigenvalue weighted by molar-refractivity contribution is -0.318. The molecule has 0 unspecified atom stereocenters. The first kappa shape index (κ1) is 27.3. The van der Waals surface area contributed by atoms with Gasteiger partial charge in [0.05, 0.1) is 19.8 Å². The van der Waals surface area contributed by atoms with Gasteiger partial charge in [0.25, 0.3) is 0 Å². The molecule has 0 spiro atoms. The van der Waals surface area contributed by atoms with Crippen molar-refractivity contribution in [3.8, 4) is 5.75 Å². The number of carbonyl (C=O) groups is 1. The quantitative estimate of drug-likeness (QED) is 0.199. The molecule has 202 valence electrons. The molecule has 13 nitrogen and oxygen atoms in total. The molecule has 1 aromatic heterocycles. The molecule has 1 aromatic carbocycles. The predicted octanol–water partition coefficient (Wildman–Crippen LogP) is -1.92. The van der Waals surface area contributed by atoms with Gasteiger partial charge in [0.2, 0.25) is 6.29 Å². The molecule has 4 rings (SSSR count). The van der Waals surface area contributed by atoms with Crippen molar-refractivity contribution >= 4 is 5.97 Å². The van der Waals surface area contributed by atoms with Gasteiger partial charge < -0.3 is 54.3 Å². The zero-order valence-corrected chi connectivity index (χ0v) is 19.6. The van der Waals surface area contributed by atoms with Crippen LogP contribution in [0.15, 0.2) is 48.7 Å². The third-order valence-electron chi connectivity index (χ3n) is 6.11. The second-order valence-electron chi connectivity index (χ2n) is 8.75. The molecule has 0 aliphatic carbocycles. The largest absolute Gasteiger partial charge is 0.462 e. The Bertz CT molecular complexity index is 1020. The first-order valence-electron chi connectivity index (χ1n) is 11.5. The number of nitrogens with zero attached hydrogens (tertiary/aromatic N) is 1. The van der Waals surface area contributed by atoms with E-state index in [0.29, 0.717) is 5.56 Å². The van der Waals surface area contributed by atoms with Crippen LogP contribution in [-0.4, -0.2) is 110 Å². The Hall–Kier alpha value is -2.72. The molecule has 2 aliphatic heterocycles. The fourth-order valence-electron chi connectivity index (χ4n) is 3.90. The van der Waals surface area contributed by atoms with Crippen molar-refractivity contribution in [2.75, 3.05) is 19.8 Å². The van der Waals surface area contributed by atoms with E-state index in [2.05, 4.69) is 4.98 Å². The molecule has 2 saturated heterocycles. The maximum Gasteiger partial charge on any atom is 0.357 e. The minimum Gasteiger partial charge on any atom is -0.462 e. The number of ether oxygens (including phenoxy) is 5. The minimum atomic E-state index is -2.04. The molecule has 8 atom stereocenters. The number of hydrogen-bond acceptors (Lipinski definition) is 13. The standard InChI is InChI=1S/C24H29NO12/c26-9-13-4-6-14(7-5-13)35-22-19(18(29)17(28)16(10-27)36-22)37-23-20(30)24(32,12-34-23)11-33-21(31)15-3-1-2-8-25-15/h1-8,16-20,22-23,26-30,32H,9-12H2/t16-,17-,18+,19-,20+,22-,23+,24-/m1/s1. The number of benzene rings is 1. The summed E-state index contributed by atoms with van der Waals surface area (Å²) in [5, 5.41) is 61.3. The van der Waals surface area contributed by atoms with E-state index >= 15 is 0 Å². The van der Waals surface area contributed by atoms with Gasteiger partial charge in [0.15, 0.2) is 18.0 Å². The van der Waals surface area contributed by atoms with Gasteiger partial charge in [-0.25, -0.2) is 9.78 Å². The Kier molecular flexibility index (Phi) is 8.69. The molecular weight excluding hydrogens is 494 g/mol. The van der Waals surface area contributed by atoms with Crippen molar-refractivity contribution in [2.45, 2.75) is 55.3 Å². The smallest absolute Gasteiger partial charge is 0.357 e. The van der Waals surface area contributed by atoms with Crippen LogP contribution in [0.25, 0.3) is 0 Å². The van der Waals surface area contributed by atoms with Crippen LogP contribution in [0.2, 0.25) is 0 Å². The van der Waals surface area contributed by atoms with Gasteiger partial charge in [-0.1, -0.05) is 18.2 Å². The summed E-state index contributed by atoms with van der Waals surface area (Å²) in [6.45, 7) is -1.92. The maximum absolute atomic E-state index is 12.2. The summed E-state index contributed by atoms with van der Waals surface area (Å²) in [6.07, 6.45) is -9.07. The summed E-state index contributed by atoms with van der Waals surface area (Å²) >= 11 is 0. The summed E-state index contributed by atoms with van der Waals surface area (Å²) in [7, 11) is 0. The van der Waals surface area contributed by atoms with Gasteiger partial charge in [-0.15, -0.1) is 0 Å². The van der Waals surface area contributed by atoms with Crippen LogP contribution >= 0.6 is 0 Å². The van der Waals surface area contributed by atoms with E-state index in [1.54, 1.807) is 24.3 Å². The highest BCUT2D eigenvalue weighted by molar-refractivity contribution is 5.87. The average Bonchev–Trinajstić information content (AvgIpc) is 3.21. The lowest BCUT2D eigenvalue weighted by Crippen LogP contribution is -2.62. The number of carbonyl (C=O) groups excluding carboxylic acids is 1. The SMILES string of the molecule is O=C(OC[C@@]1(O)CO[C@@H](O[C@H]2[C@H](Oc3ccc(CO)cc3)O[C@H](CO)[C@@H](O)[C@@H]2O)[C@@H]1O)c1ccccn1. The topological polar surface area (TPSA) is 197 Å². The Morgan fingerprint density at radius 2 is 1.81 bits per heavy atom. The molecular formula is C24H29NO12. The third-order valence-corrected chi connectivity index (χ3v) is 6.11. The number of aliphatic hydroxyl groups is 6. The molecule has 2 fully saturated rings. The fraction of sp³-hybridized carbons (Fsp3) is 0.500. The number of hydrogen-bond donors (Lipinski definition) is 6. The summed E-state index contributed by atoms with van der Waals surface area (Å²) in [5.74, 6) is -0.553. The zero-order valence-electron chi connectivity index (χ0n) is 19.6. The van der Waals surface area contributed by atoms with Crippen molar-refractivity contribution < 1.29 is 59.1 Å². The average molecular weight is 523 g/mol. The van der Waals surface area contributed by atoms with Gasteiger partial charge in [-0.05, 0) is 29.8 Å². The molecule has 0 bridgehead atoms. The molecule has 13 heteroatoms. The third kappa shape index (κ3) is 6.06. The molecule has 37 heavy (non-hydrogen) atoms. The summed E-state index contributed by atoms with van der Waals surface area (Å²) in [6, 6.07) is 10.9. The van der Waals surface area contributed by atoms with E-state index in [1.165, 1.54) is 24.4 Å². The van der Waals surface area contributed by atoms with E-state index < -0.39 is 74.5 Å². The van der Waals surface area contributed by atoms with Gasteiger partial charge in [0.1, 0.15) is 42.5 Å². The maximum atomic E-state index is 12.2. The van der Waals surface area contributed by atoms with E-state index in [1.807, 2.05) is 0 Å². The molecule has 2 aromatic rings. The first-order valence-corrected chi connectivity index (χ1v) is 11.5. The van der Waals surface area contributed by atoms with E-state index in [4.69, 9.17) is 23.7 Å². The first-order chi connectivity index (χ1) is 17.8. The lowest BCUT2D eigenvalue weighted by Gasteiger charge is -2.42. The van der Waals surface area contributed by atoms with Crippen LogP contribution < -0.4 is 4.74 Å². The van der Waals surface area contributed by atoms with Gasteiger partial charge >= 0.3 is 5.97 Å². The fourth-order valence-corrected chi connectivity index (χ4v) is 3.90. The number of pyridine rings is 1. The van der Waals surface area contributed by atoms with Gasteiger partial charge in [-0.3, -0.25) is 0 Å². The molecule has 0 radical (unpaired) electrons. The second kappa shape index (κ2) is 11.8. The van der Waals surface area contributed by atoms with Crippen molar-refractivity contribution in [3.05, 3.63) is 59.9 Å². The van der Waals surface area contributed by atoms with Crippen LogP contribution in [0.5, 0.6) is 5.75 Å². The molecule has 3 heterocycles. The van der Waals surface area contributed by atoms with E-state index in [9.17, 15) is 35.4 Å². The predicted molar refractivity (Wildman–Crippen MR) is 121 cm³/mol. The zero-order chi connectivity index (χ0) is 26.6. The van der Waals surface area contributed by atoms with Gasteiger partial charge in [0, 0.05) is 6.20 Å². The molecule has 0 saturated carbocycles. The van der Waals surface area contributed by atoms with Crippen molar-refractivity contribution in [2.24, 2.45) is 0 Å². The molecule has 2 aliphatic rings. The minimum absolute atomic E-state index is 0.00854. The van der Waals surface area contributed by atoms with E-state index in [0.717, 1.165) is 0 Å². The van der Waals surface area contributed by atoms with Crippen molar-refractivity contribution in [3.63, 3.8) is 0 Å². The molecule has 6 N–H and O–H groups in total. The highest BCUT2D eigenvalue weighted by atomic mass is 16.8. The number of esters is 1. The number of aromatic nitrogens is 1. The van der Waals surface area contributed by atoms with Crippen LogP contribution in [-0.2, 0) is 25.6 Å². The Balaban J connectivity index is 1.44. The van der Waals surface area contributed by atoms with Crippen molar-refractivity contribution in [1.82, 2.24) is 4.98 Å². The van der Waals surface area contributed by atoms with Crippen molar-refractivity contribution in [1.29, 1.82) is 0 Å².